The molecule has 2 N–H and O–H groups in total. The van der Waals surface area contributed by atoms with Crippen molar-refractivity contribution in [1.82, 2.24) is 10.2 Å². The number of nitrogens with one attached hydrogen (secondary N) is 1. The van der Waals surface area contributed by atoms with Gasteiger partial charge in [-0.1, -0.05) is 48.5 Å². The number of rotatable bonds is 6. The Morgan fingerprint density at radius 3 is 2.36 bits per heavy atom. The molecule has 2 aromatic rings. The third kappa shape index (κ3) is 4.71. The van der Waals surface area contributed by atoms with Gasteiger partial charge in [0, 0.05) is 24.9 Å². The fraction of sp³-hybridized carbons (Fsp3) is 0.400. The molecular formula is C25H28N2O6. The topological polar surface area (TPSA) is 105 Å². The van der Waals surface area contributed by atoms with Crippen LogP contribution in [0.3, 0.4) is 0 Å². The number of fused-ring (bicyclic) bond motifs is 3. The molecule has 2 aliphatic rings. The van der Waals surface area contributed by atoms with Crippen LogP contribution in [0.2, 0.25) is 0 Å². The van der Waals surface area contributed by atoms with Crippen LogP contribution < -0.4 is 5.32 Å². The molecular weight excluding hydrogens is 424 g/mol. The molecule has 33 heavy (non-hydrogen) atoms. The Bertz CT molecular complexity index is 1020. The lowest BCUT2D eigenvalue weighted by Gasteiger charge is -2.37. The number of hydrogen-bond acceptors (Lipinski definition) is 5. The second kappa shape index (κ2) is 9.23. The summed E-state index contributed by atoms with van der Waals surface area (Å²) in [4.78, 5) is 37.9. The number of amides is 2. The highest BCUT2D eigenvalue weighted by Gasteiger charge is 2.41. The number of benzene rings is 2. The number of carbonyl (C=O) groups is 3. The highest BCUT2D eigenvalue weighted by Crippen LogP contribution is 2.44. The van der Waals surface area contributed by atoms with Gasteiger partial charge in [-0.15, -0.1) is 0 Å². The molecule has 2 amide bonds. The molecule has 1 heterocycles. The minimum atomic E-state index is -1.42. The predicted molar refractivity (Wildman–Crippen MR) is 121 cm³/mol. The quantitative estimate of drug-likeness (QED) is 0.698. The number of aliphatic carboxylic acids is 1. The third-order valence-corrected chi connectivity index (χ3v) is 6.27. The first kappa shape index (κ1) is 22.8. The van der Waals surface area contributed by atoms with Gasteiger partial charge < -0.3 is 24.8 Å². The molecule has 2 aromatic carbocycles. The lowest BCUT2D eigenvalue weighted by atomic mass is 9.98. The van der Waals surface area contributed by atoms with Crippen molar-refractivity contribution < 1.29 is 29.0 Å². The summed E-state index contributed by atoms with van der Waals surface area (Å²) in [6.07, 6.45) is -0.547. The number of alkyl carbamates (subject to hydrolysis) is 1. The Morgan fingerprint density at radius 1 is 1.15 bits per heavy atom. The van der Waals surface area contributed by atoms with Crippen molar-refractivity contribution >= 4 is 18.0 Å². The van der Waals surface area contributed by atoms with E-state index in [0.717, 1.165) is 22.3 Å². The van der Waals surface area contributed by atoms with E-state index in [1.54, 1.807) is 6.92 Å². The van der Waals surface area contributed by atoms with E-state index in [9.17, 15) is 19.5 Å². The number of ether oxygens (including phenoxy) is 2. The van der Waals surface area contributed by atoms with Crippen LogP contribution in [-0.4, -0.2) is 65.9 Å². The van der Waals surface area contributed by atoms with E-state index >= 15 is 0 Å². The average Bonchev–Trinajstić information content (AvgIpc) is 3.11. The number of morpholine rings is 1. The van der Waals surface area contributed by atoms with Gasteiger partial charge in [-0.25, -0.2) is 9.59 Å². The second-order valence-electron chi connectivity index (χ2n) is 8.77. The molecule has 1 aliphatic heterocycles. The molecule has 0 aromatic heterocycles. The molecule has 8 nitrogen and oxygen atoms in total. The van der Waals surface area contributed by atoms with Crippen molar-refractivity contribution in [3.8, 4) is 11.1 Å². The molecule has 1 saturated heterocycles. The van der Waals surface area contributed by atoms with Gasteiger partial charge in [0.1, 0.15) is 6.61 Å². The first-order valence-corrected chi connectivity index (χ1v) is 11.0. The van der Waals surface area contributed by atoms with E-state index in [-0.39, 0.29) is 38.0 Å². The van der Waals surface area contributed by atoms with Crippen LogP contribution in [0.25, 0.3) is 11.1 Å². The van der Waals surface area contributed by atoms with Crippen LogP contribution in [-0.2, 0) is 19.1 Å². The Hall–Kier alpha value is -3.39. The van der Waals surface area contributed by atoms with Gasteiger partial charge in [0.2, 0.25) is 5.91 Å². The number of carbonyl (C=O) groups excluding carboxylic acids is 2. The van der Waals surface area contributed by atoms with Crippen LogP contribution in [0.4, 0.5) is 4.79 Å². The monoisotopic (exact) mass is 452 g/mol. The highest BCUT2D eigenvalue weighted by molar-refractivity contribution is 5.82. The third-order valence-electron chi connectivity index (χ3n) is 6.27. The second-order valence-corrected chi connectivity index (χ2v) is 8.77. The number of carboxylic acid groups (broad SMARTS) is 1. The lowest BCUT2D eigenvalue weighted by Crippen LogP contribution is -2.56. The number of hydrogen-bond donors (Lipinski definition) is 2. The summed E-state index contributed by atoms with van der Waals surface area (Å²) in [6.45, 7) is 3.81. The molecule has 174 valence electrons. The molecule has 1 aliphatic carbocycles. The van der Waals surface area contributed by atoms with E-state index in [1.807, 2.05) is 24.3 Å². The summed E-state index contributed by atoms with van der Waals surface area (Å²) < 4.78 is 10.9. The summed E-state index contributed by atoms with van der Waals surface area (Å²) >= 11 is 0. The minimum Gasteiger partial charge on any atom is -0.479 e. The summed E-state index contributed by atoms with van der Waals surface area (Å²) in [7, 11) is 0. The van der Waals surface area contributed by atoms with Gasteiger partial charge in [0.15, 0.2) is 5.60 Å². The Kier molecular flexibility index (Phi) is 6.37. The zero-order valence-electron chi connectivity index (χ0n) is 18.7. The average molecular weight is 453 g/mol. The van der Waals surface area contributed by atoms with Crippen molar-refractivity contribution in [2.45, 2.75) is 37.8 Å². The maximum absolute atomic E-state index is 12.6. The van der Waals surface area contributed by atoms with Crippen LogP contribution in [0.5, 0.6) is 0 Å². The Labute approximate surface area is 192 Å². The minimum absolute atomic E-state index is 0.0289. The molecule has 1 fully saturated rings. The van der Waals surface area contributed by atoms with Crippen molar-refractivity contribution in [3.63, 3.8) is 0 Å². The largest absolute Gasteiger partial charge is 0.479 e. The van der Waals surface area contributed by atoms with Crippen molar-refractivity contribution in [1.29, 1.82) is 0 Å². The first-order valence-electron chi connectivity index (χ1n) is 11.0. The molecule has 0 bridgehead atoms. The molecule has 4 rings (SSSR count). The van der Waals surface area contributed by atoms with Gasteiger partial charge in [0.05, 0.1) is 13.2 Å². The molecule has 2 atom stereocenters. The maximum Gasteiger partial charge on any atom is 0.407 e. The van der Waals surface area contributed by atoms with E-state index < -0.39 is 23.7 Å². The smallest absolute Gasteiger partial charge is 0.407 e. The molecule has 8 heteroatoms. The van der Waals surface area contributed by atoms with Gasteiger partial charge in [-0.2, -0.15) is 0 Å². The van der Waals surface area contributed by atoms with E-state index in [2.05, 4.69) is 29.6 Å². The van der Waals surface area contributed by atoms with E-state index in [0.29, 0.717) is 6.54 Å². The molecule has 0 spiro atoms. The lowest BCUT2D eigenvalue weighted by molar-refractivity contribution is -0.177. The zero-order valence-corrected chi connectivity index (χ0v) is 18.7. The van der Waals surface area contributed by atoms with Crippen molar-refractivity contribution in [2.75, 3.05) is 26.3 Å². The first-order chi connectivity index (χ1) is 15.8. The number of carboxylic acids is 1. The summed E-state index contributed by atoms with van der Waals surface area (Å²) in [5, 5.41) is 12.0. The van der Waals surface area contributed by atoms with Crippen LogP contribution in [0.15, 0.2) is 48.5 Å². The SMILES string of the molecule is CC(CC(=O)N1CCOC(C)(C(=O)O)C1)NC(=O)OCC1c2ccccc2-c2ccccc21. The Morgan fingerprint density at radius 2 is 1.76 bits per heavy atom. The molecule has 0 radical (unpaired) electrons. The standard InChI is InChI=1S/C25H28N2O6/c1-16(13-22(28)27-11-12-33-25(2,15-27)23(29)30)26-24(31)32-14-21-19-9-5-3-7-17(19)18-8-4-6-10-20(18)21/h3-10,16,21H,11-15H2,1-2H3,(H,26,31)(H,29,30). The van der Waals surface area contributed by atoms with Crippen LogP contribution in [0, 0.1) is 0 Å². The van der Waals surface area contributed by atoms with Gasteiger partial charge in [0.25, 0.3) is 0 Å². The van der Waals surface area contributed by atoms with Crippen LogP contribution >= 0.6 is 0 Å². The van der Waals surface area contributed by atoms with Crippen molar-refractivity contribution in [3.05, 3.63) is 59.7 Å². The molecule has 0 saturated carbocycles. The van der Waals surface area contributed by atoms with Gasteiger partial charge in [-0.05, 0) is 36.1 Å². The summed E-state index contributed by atoms with van der Waals surface area (Å²) in [6, 6.07) is 15.7. The molecule has 2 unspecified atom stereocenters. The van der Waals surface area contributed by atoms with Gasteiger partial charge >= 0.3 is 12.1 Å². The van der Waals surface area contributed by atoms with Crippen LogP contribution in [0.1, 0.15) is 37.3 Å². The normalized spacial score (nSPS) is 20.5. The number of nitrogens with zero attached hydrogens (tertiary/aromatic N) is 1. The van der Waals surface area contributed by atoms with E-state index in [4.69, 9.17) is 9.47 Å². The highest BCUT2D eigenvalue weighted by atomic mass is 16.5. The zero-order chi connectivity index (χ0) is 23.6. The maximum atomic E-state index is 12.6. The Balaban J connectivity index is 1.31. The van der Waals surface area contributed by atoms with Crippen molar-refractivity contribution in [2.24, 2.45) is 0 Å². The van der Waals surface area contributed by atoms with E-state index in [1.165, 1.54) is 11.8 Å². The fourth-order valence-electron chi connectivity index (χ4n) is 4.50. The fourth-order valence-corrected chi connectivity index (χ4v) is 4.50. The predicted octanol–water partition coefficient (Wildman–Crippen LogP) is 3.01. The van der Waals surface area contributed by atoms with Gasteiger partial charge in [-0.3, -0.25) is 4.79 Å². The summed E-state index contributed by atoms with van der Waals surface area (Å²) in [5.41, 5.74) is 3.14. The summed E-state index contributed by atoms with van der Waals surface area (Å²) in [5.74, 6) is -1.39.